The van der Waals surface area contributed by atoms with Crippen molar-refractivity contribution < 1.29 is 19.1 Å². The van der Waals surface area contributed by atoms with Gasteiger partial charge in [-0.3, -0.25) is 9.59 Å². The molecule has 2 heterocycles. The molecular formula is C18H26ClN5O4Si. The Labute approximate surface area is 175 Å². The maximum atomic E-state index is 12.9. The molecule has 0 aliphatic rings. The van der Waals surface area contributed by atoms with Crippen molar-refractivity contribution in [1.82, 2.24) is 20.1 Å². The molecule has 0 saturated carbocycles. The lowest BCUT2D eigenvalue weighted by Gasteiger charge is -2.16. The second-order valence-corrected chi connectivity index (χ2v) is 13.5. The normalized spacial score (nSPS) is 11.2. The van der Waals surface area contributed by atoms with Gasteiger partial charge in [0.1, 0.15) is 11.9 Å². The van der Waals surface area contributed by atoms with Crippen LogP contribution in [0.25, 0.3) is 0 Å². The molecule has 9 nitrogen and oxygen atoms in total. The Bertz CT molecular complexity index is 882. The number of pyridine rings is 1. The standard InChI is InChI=1S/C18H26ClN5O4Si/c1-20-17(25)12-9-21-15(19)8-13(12)23-18(26)16-14(27-2)10-22-24(16)11-28-6-7-29(3,4)5/h8-10H,6-7,11H2,1-5H3,(H,20,25)(H,21,23,26). The van der Waals surface area contributed by atoms with Gasteiger partial charge in [-0.25, -0.2) is 9.67 Å². The third kappa shape index (κ3) is 6.28. The molecule has 2 N–H and O–H groups in total. The molecule has 2 rings (SSSR count). The van der Waals surface area contributed by atoms with Gasteiger partial charge in [-0.05, 0) is 12.1 Å². The zero-order chi connectivity index (χ0) is 21.6. The topological polar surface area (TPSA) is 107 Å². The summed E-state index contributed by atoms with van der Waals surface area (Å²) in [5.74, 6) is -0.627. The molecule has 0 saturated heterocycles. The molecule has 158 valence electrons. The largest absolute Gasteiger partial charge is 0.493 e. The van der Waals surface area contributed by atoms with Crippen LogP contribution < -0.4 is 15.4 Å². The van der Waals surface area contributed by atoms with Crippen molar-refractivity contribution >= 4 is 37.2 Å². The number of aromatic nitrogens is 3. The first-order valence-electron chi connectivity index (χ1n) is 9.03. The summed E-state index contributed by atoms with van der Waals surface area (Å²) in [6.07, 6.45) is 2.74. The van der Waals surface area contributed by atoms with E-state index >= 15 is 0 Å². The number of rotatable bonds is 9. The van der Waals surface area contributed by atoms with Crippen molar-refractivity contribution in [2.24, 2.45) is 0 Å². The van der Waals surface area contributed by atoms with Gasteiger partial charge < -0.3 is 20.1 Å². The van der Waals surface area contributed by atoms with Gasteiger partial charge in [-0.2, -0.15) is 5.10 Å². The van der Waals surface area contributed by atoms with Crippen molar-refractivity contribution in [1.29, 1.82) is 0 Å². The minimum Gasteiger partial charge on any atom is -0.493 e. The van der Waals surface area contributed by atoms with E-state index in [1.165, 1.54) is 37.3 Å². The Kier molecular flexibility index (Phi) is 7.77. The molecule has 11 heteroatoms. The van der Waals surface area contributed by atoms with E-state index in [9.17, 15) is 9.59 Å². The van der Waals surface area contributed by atoms with Gasteiger partial charge in [-0.15, -0.1) is 0 Å². The number of anilines is 1. The van der Waals surface area contributed by atoms with Crippen LogP contribution in [0, 0.1) is 0 Å². The van der Waals surface area contributed by atoms with Crippen LogP contribution in [0.4, 0.5) is 5.69 Å². The molecule has 0 aromatic carbocycles. The molecule has 2 aromatic rings. The quantitative estimate of drug-likeness (QED) is 0.353. The first kappa shape index (κ1) is 22.9. The van der Waals surface area contributed by atoms with E-state index in [2.05, 4.69) is 40.4 Å². The average molecular weight is 440 g/mol. The number of nitrogens with one attached hydrogen (secondary N) is 2. The molecule has 0 atom stereocenters. The first-order valence-corrected chi connectivity index (χ1v) is 13.1. The van der Waals surface area contributed by atoms with Crippen LogP contribution >= 0.6 is 11.6 Å². The summed E-state index contributed by atoms with van der Waals surface area (Å²) in [4.78, 5) is 28.9. The fourth-order valence-corrected chi connectivity index (χ4v) is 3.32. The van der Waals surface area contributed by atoms with E-state index < -0.39 is 19.9 Å². The molecule has 0 aliphatic heterocycles. The van der Waals surface area contributed by atoms with Crippen molar-refractivity contribution in [3.8, 4) is 5.75 Å². The second kappa shape index (κ2) is 9.86. The van der Waals surface area contributed by atoms with Crippen LogP contribution in [-0.2, 0) is 11.5 Å². The number of carbonyl (C=O) groups excluding carboxylic acids is 2. The molecule has 0 radical (unpaired) electrons. The van der Waals surface area contributed by atoms with Crippen LogP contribution in [-0.4, -0.2) is 55.4 Å². The van der Waals surface area contributed by atoms with Crippen LogP contribution in [0.2, 0.25) is 30.8 Å². The summed E-state index contributed by atoms with van der Waals surface area (Å²) in [6.45, 7) is 7.47. The monoisotopic (exact) mass is 439 g/mol. The van der Waals surface area contributed by atoms with Gasteiger partial charge in [0.2, 0.25) is 0 Å². The highest BCUT2D eigenvalue weighted by molar-refractivity contribution is 6.76. The van der Waals surface area contributed by atoms with Gasteiger partial charge in [-0.1, -0.05) is 31.2 Å². The molecule has 0 unspecified atom stereocenters. The number of hydrogen-bond donors (Lipinski definition) is 2. The average Bonchev–Trinajstić information content (AvgIpc) is 3.07. The summed E-state index contributed by atoms with van der Waals surface area (Å²) in [5, 5.41) is 9.50. The summed E-state index contributed by atoms with van der Waals surface area (Å²) in [6, 6.07) is 2.40. The molecular weight excluding hydrogens is 414 g/mol. The third-order valence-corrected chi connectivity index (χ3v) is 5.95. The summed E-state index contributed by atoms with van der Waals surface area (Å²) in [7, 11) is 1.71. The molecule has 0 fully saturated rings. The number of halogens is 1. The number of carbonyl (C=O) groups is 2. The van der Waals surface area contributed by atoms with E-state index in [0.29, 0.717) is 6.61 Å². The Morgan fingerprint density at radius 2 is 1.97 bits per heavy atom. The van der Waals surface area contributed by atoms with Gasteiger partial charge in [0.15, 0.2) is 11.4 Å². The molecule has 0 bridgehead atoms. The van der Waals surface area contributed by atoms with E-state index in [-0.39, 0.29) is 34.6 Å². The Balaban J connectivity index is 2.22. The highest BCUT2D eigenvalue weighted by Crippen LogP contribution is 2.23. The van der Waals surface area contributed by atoms with Gasteiger partial charge in [0, 0.05) is 27.9 Å². The Morgan fingerprint density at radius 1 is 1.24 bits per heavy atom. The number of methoxy groups -OCH3 is 1. The van der Waals surface area contributed by atoms with E-state index in [0.717, 1.165) is 6.04 Å². The van der Waals surface area contributed by atoms with E-state index in [1.54, 1.807) is 0 Å². The van der Waals surface area contributed by atoms with Gasteiger partial charge in [0.25, 0.3) is 11.8 Å². The van der Waals surface area contributed by atoms with Crippen molar-refractivity contribution in [2.45, 2.75) is 32.4 Å². The molecule has 0 spiro atoms. The van der Waals surface area contributed by atoms with Crippen LogP contribution in [0.15, 0.2) is 18.5 Å². The second-order valence-electron chi connectivity index (χ2n) is 7.49. The lowest BCUT2D eigenvalue weighted by Crippen LogP contribution is -2.25. The van der Waals surface area contributed by atoms with Gasteiger partial charge in [0.05, 0.1) is 24.6 Å². The smallest absolute Gasteiger partial charge is 0.277 e. The predicted molar refractivity (Wildman–Crippen MR) is 113 cm³/mol. The van der Waals surface area contributed by atoms with Crippen LogP contribution in [0.3, 0.4) is 0 Å². The van der Waals surface area contributed by atoms with Gasteiger partial charge >= 0.3 is 0 Å². The van der Waals surface area contributed by atoms with Crippen molar-refractivity contribution in [3.63, 3.8) is 0 Å². The Morgan fingerprint density at radius 3 is 2.59 bits per heavy atom. The van der Waals surface area contributed by atoms with E-state index in [1.807, 2.05) is 0 Å². The minimum atomic E-state index is -1.22. The lowest BCUT2D eigenvalue weighted by atomic mass is 10.2. The van der Waals surface area contributed by atoms with Crippen LogP contribution in [0.1, 0.15) is 20.8 Å². The molecule has 2 amide bonds. The fourth-order valence-electron chi connectivity index (χ4n) is 2.40. The zero-order valence-corrected chi connectivity index (χ0v) is 19.0. The summed E-state index contributed by atoms with van der Waals surface area (Å²) >= 11 is 5.93. The molecule has 0 aliphatic carbocycles. The highest BCUT2D eigenvalue weighted by atomic mass is 35.5. The van der Waals surface area contributed by atoms with Crippen molar-refractivity contribution in [3.05, 3.63) is 34.9 Å². The summed E-state index contributed by atoms with van der Waals surface area (Å²) < 4.78 is 12.4. The molecule has 29 heavy (non-hydrogen) atoms. The number of amides is 2. The van der Waals surface area contributed by atoms with E-state index in [4.69, 9.17) is 21.1 Å². The Hall–Kier alpha value is -2.43. The SMILES string of the molecule is CNC(=O)c1cnc(Cl)cc1NC(=O)c1c(OC)cnn1COCC[Si](C)(C)C. The fraction of sp³-hybridized carbons (Fsp3) is 0.444. The predicted octanol–water partition coefficient (Wildman–Crippen LogP) is 2.86. The maximum Gasteiger partial charge on any atom is 0.277 e. The summed E-state index contributed by atoms with van der Waals surface area (Å²) in [5.41, 5.74) is 0.585. The number of hydrogen-bond acceptors (Lipinski definition) is 6. The maximum absolute atomic E-state index is 12.9. The first-order chi connectivity index (χ1) is 13.7. The highest BCUT2D eigenvalue weighted by Gasteiger charge is 2.22. The van der Waals surface area contributed by atoms with Crippen molar-refractivity contribution in [2.75, 3.05) is 26.1 Å². The lowest BCUT2D eigenvalue weighted by molar-refractivity contribution is 0.0734. The van der Waals surface area contributed by atoms with Crippen LogP contribution in [0.5, 0.6) is 5.75 Å². The molecule has 2 aromatic heterocycles. The minimum absolute atomic E-state index is 0.107. The zero-order valence-electron chi connectivity index (χ0n) is 17.2. The number of nitrogens with zero attached hydrogens (tertiary/aromatic N) is 3. The third-order valence-electron chi connectivity index (χ3n) is 4.04. The number of ether oxygens (including phenoxy) is 2.